The molecule has 0 spiro atoms. The molecule has 0 aliphatic heterocycles. The lowest BCUT2D eigenvalue weighted by atomic mass is 9.93. The number of benzene rings is 1. The van der Waals surface area contributed by atoms with Crippen LogP contribution in [0.3, 0.4) is 0 Å². The molecular weight excluding hydrogens is 288 g/mol. The van der Waals surface area contributed by atoms with E-state index in [1.54, 1.807) is 4.68 Å². The first-order chi connectivity index (χ1) is 9.52. The molecule has 1 aromatic carbocycles. The minimum absolute atomic E-state index is 0. The second-order valence-corrected chi connectivity index (χ2v) is 5.88. The highest BCUT2D eigenvalue weighted by atomic mass is 35.5. The van der Waals surface area contributed by atoms with Crippen molar-refractivity contribution in [1.29, 1.82) is 0 Å². The molecule has 0 unspecified atom stereocenters. The van der Waals surface area contributed by atoms with Crippen LogP contribution in [0.15, 0.2) is 30.3 Å². The van der Waals surface area contributed by atoms with Gasteiger partial charge in [0.25, 0.3) is 0 Å². The molecule has 0 aliphatic rings. The van der Waals surface area contributed by atoms with E-state index >= 15 is 0 Å². The zero-order chi connectivity index (χ0) is 14.6. The summed E-state index contributed by atoms with van der Waals surface area (Å²) in [7, 11) is 2.06. The van der Waals surface area contributed by atoms with Crippen molar-refractivity contribution in [3.05, 3.63) is 36.2 Å². The summed E-state index contributed by atoms with van der Waals surface area (Å²) in [5.74, 6) is 0.825. The van der Waals surface area contributed by atoms with Gasteiger partial charge in [0.15, 0.2) is 5.82 Å². The van der Waals surface area contributed by atoms with Crippen molar-refractivity contribution >= 4 is 12.4 Å². The van der Waals surface area contributed by atoms with Crippen LogP contribution in [-0.2, 0) is 6.54 Å². The Hall–Kier alpha value is -1.50. The van der Waals surface area contributed by atoms with E-state index in [-0.39, 0.29) is 17.8 Å². The van der Waals surface area contributed by atoms with Gasteiger partial charge in [0.1, 0.15) is 0 Å². The van der Waals surface area contributed by atoms with Gasteiger partial charge in [-0.2, -0.15) is 4.68 Å². The van der Waals surface area contributed by atoms with Gasteiger partial charge in [0, 0.05) is 6.54 Å². The average Bonchev–Trinajstić information content (AvgIpc) is 2.87. The number of rotatable bonds is 6. The lowest BCUT2D eigenvalue weighted by molar-refractivity contribution is 0.205. The summed E-state index contributed by atoms with van der Waals surface area (Å²) in [5, 5.41) is 12.0. The smallest absolute Gasteiger partial charge is 0.170 e. The highest BCUT2D eigenvalue weighted by molar-refractivity contribution is 5.85. The van der Waals surface area contributed by atoms with Crippen LogP contribution < -0.4 is 5.73 Å². The fraction of sp³-hybridized carbons (Fsp3) is 0.500. The van der Waals surface area contributed by atoms with Crippen LogP contribution in [0.2, 0.25) is 0 Å². The van der Waals surface area contributed by atoms with Gasteiger partial charge < -0.3 is 5.73 Å². The number of nitrogens with two attached hydrogens (primary N) is 1. The number of hydrogen-bond acceptors (Lipinski definition) is 5. The molecule has 0 saturated heterocycles. The monoisotopic (exact) mass is 310 g/mol. The van der Waals surface area contributed by atoms with Gasteiger partial charge in [-0.1, -0.05) is 32.0 Å². The number of aromatic nitrogens is 4. The third kappa shape index (κ3) is 4.77. The second kappa shape index (κ2) is 7.49. The number of hydrogen-bond donors (Lipinski definition) is 1. The molecule has 1 heterocycles. The summed E-state index contributed by atoms with van der Waals surface area (Å²) in [6.07, 6.45) is 0. The molecule has 0 atom stereocenters. The maximum Gasteiger partial charge on any atom is 0.170 e. The Balaban J connectivity index is 0.00000220. The van der Waals surface area contributed by atoms with Crippen LogP contribution in [0.1, 0.15) is 19.7 Å². The summed E-state index contributed by atoms with van der Waals surface area (Å²) in [5.41, 5.74) is 6.83. The molecular formula is C14H23ClN6. The Morgan fingerprint density at radius 1 is 1.24 bits per heavy atom. The van der Waals surface area contributed by atoms with E-state index in [1.165, 1.54) is 0 Å². The molecule has 2 aromatic rings. The third-order valence-electron chi connectivity index (χ3n) is 3.20. The van der Waals surface area contributed by atoms with E-state index in [0.717, 1.165) is 18.1 Å². The highest BCUT2D eigenvalue weighted by Crippen LogP contribution is 2.15. The Morgan fingerprint density at radius 2 is 1.90 bits per heavy atom. The van der Waals surface area contributed by atoms with E-state index < -0.39 is 0 Å². The maximum atomic E-state index is 5.78. The maximum absolute atomic E-state index is 5.78. The number of tetrazole rings is 1. The first-order valence-electron chi connectivity index (χ1n) is 6.73. The molecule has 2 rings (SSSR count). The van der Waals surface area contributed by atoms with Crippen LogP contribution in [0.25, 0.3) is 5.69 Å². The van der Waals surface area contributed by atoms with Crippen LogP contribution >= 0.6 is 12.4 Å². The molecule has 2 N–H and O–H groups in total. The molecule has 7 heteroatoms. The van der Waals surface area contributed by atoms with Crippen LogP contribution in [-0.4, -0.2) is 45.2 Å². The summed E-state index contributed by atoms with van der Waals surface area (Å²) >= 11 is 0. The molecule has 6 nitrogen and oxygen atoms in total. The molecule has 0 saturated carbocycles. The Morgan fingerprint density at radius 3 is 2.52 bits per heavy atom. The molecule has 0 radical (unpaired) electrons. The van der Waals surface area contributed by atoms with Gasteiger partial charge in [0.05, 0.1) is 12.2 Å². The number of para-hydroxylation sites is 1. The van der Waals surface area contributed by atoms with E-state index in [4.69, 9.17) is 5.73 Å². The standard InChI is InChI=1S/C14H22N6.ClH/c1-14(2,10-15)11-19(3)9-13-16-17-18-20(13)12-7-5-4-6-8-12;/h4-8H,9-11,15H2,1-3H3;1H. The lowest BCUT2D eigenvalue weighted by Crippen LogP contribution is -2.36. The van der Waals surface area contributed by atoms with Crippen molar-refractivity contribution in [2.45, 2.75) is 20.4 Å². The van der Waals surface area contributed by atoms with E-state index in [2.05, 4.69) is 41.3 Å². The lowest BCUT2D eigenvalue weighted by Gasteiger charge is -2.28. The highest BCUT2D eigenvalue weighted by Gasteiger charge is 2.19. The van der Waals surface area contributed by atoms with E-state index in [1.807, 2.05) is 30.3 Å². The molecule has 0 fully saturated rings. The number of nitrogens with zero attached hydrogens (tertiary/aromatic N) is 5. The van der Waals surface area contributed by atoms with Crippen LogP contribution in [0.4, 0.5) is 0 Å². The minimum atomic E-state index is 0. The van der Waals surface area contributed by atoms with E-state index in [0.29, 0.717) is 13.1 Å². The fourth-order valence-corrected chi connectivity index (χ4v) is 2.17. The van der Waals surface area contributed by atoms with Crippen molar-refractivity contribution in [2.75, 3.05) is 20.1 Å². The van der Waals surface area contributed by atoms with Gasteiger partial charge in [-0.3, -0.25) is 4.90 Å². The summed E-state index contributed by atoms with van der Waals surface area (Å²) in [6.45, 7) is 6.55. The third-order valence-corrected chi connectivity index (χ3v) is 3.20. The summed E-state index contributed by atoms with van der Waals surface area (Å²) in [4.78, 5) is 2.19. The first-order valence-corrected chi connectivity index (χ1v) is 6.73. The molecule has 21 heavy (non-hydrogen) atoms. The van der Waals surface area contributed by atoms with Crippen molar-refractivity contribution in [1.82, 2.24) is 25.1 Å². The SMILES string of the molecule is CN(Cc1nnnn1-c1ccccc1)CC(C)(C)CN.Cl. The quantitative estimate of drug-likeness (QED) is 0.875. The summed E-state index contributed by atoms with van der Waals surface area (Å²) < 4.78 is 1.77. The van der Waals surface area contributed by atoms with Gasteiger partial charge in [-0.05, 0) is 41.6 Å². The largest absolute Gasteiger partial charge is 0.330 e. The van der Waals surface area contributed by atoms with Crippen molar-refractivity contribution in [2.24, 2.45) is 11.1 Å². The molecule has 1 aromatic heterocycles. The predicted molar refractivity (Wildman–Crippen MR) is 85.6 cm³/mol. The van der Waals surface area contributed by atoms with Gasteiger partial charge in [-0.25, -0.2) is 0 Å². The van der Waals surface area contributed by atoms with Crippen LogP contribution in [0, 0.1) is 5.41 Å². The van der Waals surface area contributed by atoms with Gasteiger partial charge in [-0.15, -0.1) is 17.5 Å². The summed E-state index contributed by atoms with van der Waals surface area (Å²) in [6, 6.07) is 9.90. The normalized spacial score (nSPS) is 11.5. The van der Waals surface area contributed by atoms with Gasteiger partial charge in [0.2, 0.25) is 0 Å². The zero-order valence-electron chi connectivity index (χ0n) is 12.7. The van der Waals surface area contributed by atoms with Crippen molar-refractivity contribution in [3.8, 4) is 5.69 Å². The minimum Gasteiger partial charge on any atom is -0.330 e. The van der Waals surface area contributed by atoms with Crippen molar-refractivity contribution < 1.29 is 0 Å². The topological polar surface area (TPSA) is 72.9 Å². The predicted octanol–water partition coefficient (Wildman–Crippen LogP) is 1.50. The number of halogens is 1. The first kappa shape index (κ1) is 17.6. The van der Waals surface area contributed by atoms with Gasteiger partial charge >= 0.3 is 0 Å². The Labute approximate surface area is 131 Å². The Kier molecular flexibility index (Phi) is 6.26. The van der Waals surface area contributed by atoms with E-state index in [9.17, 15) is 0 Å². The average molecular weight is 311 g/mol. The second-order valence-electron chi connectivity index (χ2n) is 5.88. The fourth-order valence-electron chi connectivity index (χ4n) is 2.17. The molecule has 116 valence electrons. The molecule has 0 bridgehead atoms. The zero-order valence-corrected chi connectivity index (χ0v) is 13.5. The molecule has 0 amide bonds. The Bertz CT molecular complexity index is 539. The molecule has 0 aliphatic carbocycles. The van der Waals surface area contributed by atoms with Crippen LogP contribution in [0.5, 0.6) is 0 Å². The van der Waals surface area contributed by atoms with Crippen molar-refractivity contribution in [3.63, 3.8) is 0 Å².